The van der Waals surface area contributed by atoms with Crippen LogP contribution in [0, 0.1) is 24.4 Å². The molecule has 3 aromatic rings. The number of primary amides is 1. The molecule has 1 amide bonds. The maximum absolute atomic E-state index is 13.5. The van der Waals surface area contributed by atoms with Gasteiger partial charge in [0.25, 0.3) is 5.56 Å². The number of amides is 1. The van der Waals surface area contributed by atoms with Crippen LogP contribution >= 0.6 is 0 Å². The number of carbonyl (C=O) groups is 1. The molecule has 28 heavy (non-hydrogen) atoms. The van der Waals surface area contributed by atoms with Gasteiger partial charge in [0.2, 0.25) is 11.9 Å². The van der Waals surface area contributed by atoms with Crippen LogP contribution in [0.3, 0.4) is 0 Å². The first-order valence-electron chi connectivity index (χ1n) is 7.99. The van der Waals surface area contributed by atoms with Gasteiger partial charge in [-0.15, -0.1) is 0 Å². The molecule has 0 fully saturated rings. The van der Waals surface area contributed by atoms with E-state index in [1.807, 2.05) is 0 Å². The number of rotatable bonds is 5. The highest BCUT2D eigenvalue weighted by molar-refractivity contribution is 5.94. The Hall–Kier alpha value is -3.69. The van der Waals surface area contributed by atoms with Gasteiger partial charge in [0.1, 0.15) is 6.20 Å². The summed E-state index contributed by atoms with van der Waals surface area (Å²) in [4.78, 5) is 26.8. The third-order valence-electron chi connectivity index (χ3n) is 3.91. The summed E-state index contributed by atoms with van der Waals surface area (Å²) in [6, 6.07) is 6.29. The minimum atomic E-state index is -1.58. The SMILES string of the molecule is Cc1ccc(C(N)=O)cc1Nc1nc(=O)cnn1Cc1cc(F)c(F)c(F)c1. The van der Waals surface area contributed by atoms with Gasteiger partial charge in [-0.2, -0.15) is 10.1 Å². The number of carbonyl (C=O) groups excluding carboxylic acids is 1. The van der Waals surface area contributed by atoms with Crippen molar-refractivity contribution in [3.8, 4) is 0 Å². The first kappa shape index (κ1) is 19.1. The lowest BCUT2D eigenvalue weighted by Gasteiger charge is -2.14. The van der Waals surface area contributed by atoms with Crippen molar-refractivity contribution in [1.82, 2.24) is 14.8 Å². The van der Waals surface area contributed by atoms with Gasteiger partial charge in [0.15, 0.2) is 17.5 Å². The van der Waals surface area contributed by atoms with Crippen molar-refractivity contribution >= 4 is 17.5 Å². The van der Waals surface area contributed by atoms with Gasteiger partial charge in [-0.25, -0.2) is 17.9 Å². The van der Waals surface area contributed by atoms with Crippen LogP contribution in [0.1, 0.15) is 21.5 Å². The summed E-state index contributed by atoms with van der Waals surface area (Å²) in [5.41, 5.74) is 6.07. The zero-order valence-corrected chi connectivity index (χ0v) is 14.5. The molecule has 1 heterocycles. The summed E-state index contributed by atoms with van der Waals surface area (Å²) in [6.07, 6.45) is 0.925. The van der Waals surface area contributed by atoms with Gasteiger partial charge < -0.3 is 11.1 Å². The van der Waals surface area contributed by atoms with Gasteiger partial charge in [-0.3, -0.25) is 9.59 Å². The zero-order valence-electron chi connectivity index (χ0n) is 14.5. The number of benzene rings is 2. The molecule has 3 N–H and O–H groups in total. The number of anilines is 2. The van der Waals surface area contributed by atoms with Crippen LogP contribution in [-0.2, 0) is 6.54 Å². The molecule has 0 radical (unpaired) electrons. The zero-order chi connectivity index (χ0) is 20.4. The maximum Gasteiger partial charge on any atom is 0.293 e. The fraction of sp³-hybridized carbons (Fsp3) is 0.111. The summed E-state index contributed by atoms with van der Waals surface area (Å²) in [5.74, 6) is -4.95. The number of hydrogen-bond acceptors (Lipinski definition) is 5. The van der Waals surface area contributed by atoms with Crippen LogP contribution in [0.25, 0.3) is 0 Å². The van der Waals surface area contributed by atoms with E-state index >= 15 is 0 Å². The number of aromatic nitrogens is 3. The Morgan fingerprint density at radius 2 is 1.86 bits per heavy atom. The molecule has 1 aromatic heterocycles. The van der Waals surface area contributed by atoms with Crippen molar-refractivity contribution in [1.29, 1.82) is 0 Å². The summed E-state index contributed by atoms with van der Waals surface area (Å²) >= 11 is 0. The lowest BCUT2D eigenvalue weighted by Crippen LogP contribution is -2.20. The van der Waals surface area contributed by atoms with Crippen LogP contribution in [0.4, 0.5) is 24.8 Å². The minimum Gasteiger partial charge on any atom is -0.366 e. The number of aryl methyl sites for hydroxylation is 1. The van der Waals surface area contributed by atoms with E-state index in [9.17, 15) is 22.8 Å². The molecule has 0 spiro atoms. The standard InChI is InChI=1S/C18H14F3N5O2/c1-9-2-3-11(17(22)28)6-14(9)24-18-25-15(27)7-23-26(18)8-10-4-12(19)16(21)13(20)5-10/h2-7H,8H2,1H3,(H2,22,28)(H,24,25,27). The first-order valence-corrected chi connectivity index (χ1v) is 7.99. The molecule has 0 aliphatic rings. The van der Waals surface area contributed by atoms with Crippen LogP contribution < -0.4 is 16.6 Å². The smallest absolute Gasteiger partial charge is 0.293 e. The van der Waals surface area contributed by atoms with E-state index in [-0.39, 0.29) is 23.6 Å². The fourth-order valence-electron chi connectivity index (χ4n) is 2.48. The number of nitrogens with two attached hydrogens (primary N) is 1. The molecule has 0 bridgehead atoms. The normalized spacial score (nSPS) is 10.7. The lowest BCUT2D eigenvalue weighted by atomic mass is 10.1. The maximum atomic E-state index is 13.5. The average molecular weight is 389 g/mol. The largest absolute Gasteiger partial charge is 0.366 e. The number of nitrogens with zero attached hydrogens (tertiary/aromatic N) is 3. The summed E-state index contributed by atoms with van der Waals surface area (Å²) < 4.78 is 41.2. The van der Waals surface area contributed by atoms with Gasteiger partial charge in [0.05, 0.1) is 6.54 Å². The van der Waals surface area contributed by atoms with Crippen LogP contribution in [0.5, 0.6) is 0 Å². The second kappa shape index (κ2) is 7.51. The Bertz CT molecular complexity index is 1110. The van der Waals surface area contributed by atoms with Crippen LogP contribution in [0.2, 0.25) is 0 Å². The molecule has 144 valence electrons. The second-order valence-corrected chi connectivity index (χ2v) is 5.97. The van der Waals surface area contributed by atoms with Crippen molar-refractivity contribution < 1.29 is 18.0 Å². The summed E-state index contributed by atoms with van der Waals surface area (Å²) in [6.45, 7) is 1.55. The van der Waals surface area contributed by atoms with E-state index in [1.165, 1.54) is 16.8 Å². The van der Waals surface area contributed by atoms with E-state index in [0.29, 0.717) is 11.3 Å². The lowest BCUT2D eigenvalue weighted by molar-refractivity contribution is 0.100. The monoisotopic (exact) mass is 389 g/mol. The van der Waals surface area contributed by atoms with Crippen LogP contribution in [0.15, 0.2) is 41.3 Å². The highest BCUT2D eigenvalue weighted by atomic mass is 19.2. The number of hydrogen-bond donors (Lipinski definition) is 2. The molecular weight excluding hydrogens is 375 g/mol. The van der Waals surface area contributed by atoms with Crippen molar-refractivity contribution in [2.75, 3.05) is 5.32 Å². The fourth-order valence-corrected chi connectivity index (χ4v) is 2.48. The molecule has 7 nitrogen and oxygen atoms in total. The van der Waals surface area contributed by atoms with E-state index in [0.717, 1.165) is 18.3 Å². The predicted octanol–water partition coefficient (Wildman–Crippen LogP) is 2.25. The molecular formula is C18H14F3N5O2. The topological polar surface area (TPSA) is 103 Å². The third-order valence-corrected chi connectivity index (χ3v) is 3.91. The Morgan fingerprint density at radius 3 is 2.50 bits per heavy atom. The molecule has 0 atom stereocenters. The van der Waals surface area contributed by atoms with Gasteiger partial charge in [-0.05, 0) is 42.3 Å². The van der Waals surface area contributed by atoms with E-state index in [1.54, 1.807) is 13.0 Å². The average Bonchev–Trinajstić information content (AvgIpc) is 2.63. The Labute approximate surface area is 156 Å². The first-order chi connectivity index (χ1) is 13.2. The van der Waals surface area contributed by atoms with Crippen LogP contribution in [-0.4, -0.2) is 20.7 Å². The van der Waals surface area contributed by atoms with E-state index < -0.39 is 28.9 Å². The highest BCUT2D eigenvalue weighted by Gasteiger charge is 2.14. The molecule has 0 aliphatic heterocycles. The highest BCUT2D eigenvalue weighted by Crippen LogP contribution is 2.21. The molecule has 0 unspecified atom stereocenters. The van der Waals surface area contributed by atoms with Gasteiger partial charge in [0, 0.05) is 11.3 Å². The number of nitrogens with one attached hydrogen (secondary N) is 1. The molecule has 2 aromatic carbocycles. The van der Waals surface area contributed by atoms with Crippen molar-refractivity contribution in [3.63, 3.8) is 0 Å². The second-order valence-electron chi connectivity index (χ2n) is 5.97. The van der Waals surface area contributed by atoms with Crippen molar-refractivity contribution in [2.45, 2.75) is 13.5 Å². The molecule has 3 rings (SSSR count). The van der Waals surface area contributed by atoms with Gasteiger partial charge >= 0.3 is 0 Å². The Balaban J connectivity index is 1.99. The quantitative estimate of drug-likeness (QED) is 0.652. The summed E-state index contributed by atoms with van der Waals surface area (Å²) in [7, 11) is 0. The van der Waals surface area contributed by atoms with E-state index in [2.05, 4.69) is 15.4 Å². The van der Waals surface area contributed by atoms with Gasteiger partial charge in [-0.1, -0.05) is 6.07 Å². The number of halogens is 3. The molecule has 0 aliphatic carbocycles. The third kappa shape index (κ3) is 4.00. The minimum absolute atomic E-state index is 0.0395. The molecule has 10 heteroatoms. The Kier molecular flexibility index (Phi) is 5.12. The summed E-state index contributed by atoms with van der Waals surface area (Å²) in [5, 5.41) is 6.75. The van der Waals surface area contributed by atoms with E-state index in [4.69, 9.17) is 5.73 Å². The predicted molar refractivity (Wildman–Crippen MR) is 94.7 cm³/mol. The van der Waals surface area contributed by atoms with Crippen molar-refractivity contribution in [3.05, 3.63) is 81.0 Å². The molecule has 0 saturated heterocycles. The molecule has 0 saturated carbocycles. The Morgan fingerprint density at radius 1 is 1.18 bits per heavy atom. The van der Waals surface area contributed by atoms with Crippen molar-refractivity contribution in [2.24, 2.45) is 5.73 Å².